The molecule has 0 aromatic heterocycles. The lowest BCUT2D eigenvalue weighted by atomic mass is 10.1. The van der Waals surface area contributed by atoms with Crippen molar-refractivity contribution in [3.63, 3.8) is 0 Å². The van der Waals surface area contributed by atoms with Gasteiger partial charge in [0.25, 0.3) is 0 Å². The Morgan fingerprint density at radius 3 is 2.74 bits per heavy atom. The minimum atomic E-state index is -0.491. The highest BCUT2D eigenvalue weighted by Crippen LogP contribution is 2.17. The molecule has 1 fully saturated rings. The molecule has 0 bridgehead atoms. The number of hydrogen-bond acceptors (Lipinski definition) is 3. The lowest BCUT2D eigenvalue weighted by molar-refractivity contribution is -0.133. The van der Waals surface area contributed by atoms with Gasteiger partial charge in [-0.15, -0.1) is 0 Å². The highest BCUT2D eigenvalue weighted by Gasteiger charge is 2.23. The summed E-state index contributed by atoms with van der Waals surface area (Å²) in [4.78, 5) is 13.9. The number of carbonyl (C=O) groups is 1. The van der Waals surface area contributed by atoms with Gasteiger partial charge >= 0.3 is 0 Å². The second-order valence-corrected chi connectivity index (χ2v) is 5.76. The summed E-state index contributed by atoms with van der Waals surface area (Å²) in [7, 11) is 0. The molecule has 1 saturated heterocycles. The van der Waals surface area contributed by atoms with Gasteiger partial charge in [-0.05, 0) is 49.4 Å². The third-order valence-corrected chi connectivity index (χ3v) is 4.07. The van der Waals surface area contributed by atoms with Crippen LogP contribution in [0.25, 0.3) is 0 Å². The molecule has 1 N–H and O–H groups in total. The van der Waals surface area contributed by atoms with Crippen LogP contribution < -0.4 is 0 Å². The molecule has 0 radical (unpaired) electrons. The number of piperidine rings is 1. The smallest absolute Gasteiger partial charge is 0.222 e. The number of ether oxygens (including phenoxy) is 1. The molecule has 0 atom stereocenters. The Morgan fingerprint density at radius 2 is 2.04 bits per heavy atom. The highest BCUT2D eigenvalue weighted by atomic mass is 19.1. The molecule has 1 aromatic carbocycles. The zero-order valence-electron chi connectivity index (χ0n) is 13.1. The van der Waals surface area contributed by atoms with Crippen molar-refractivity contribution in [2.75, 3.05) is 26.3 Å². The van der Waals surface area contributed by atoms with Gasteiger partial charge < -0.3 is 14.7 Å². The molecule has 1 aliphatic rings. The van der Waals surface area contributed by atoms with Crippen molar-refractivity contribution >= 4 is 5.91 Å². The first kappa shape index (κ1) is 17.8. The Bertz CT molecular complexity index is 517. The van der Waals surface area contributed by atoms with Crippen molar-refractivity contribution in [3.05, 3.63) is 35.4 Å². The molecule has 2 rings (SSSR count). The van der Waals surface area contributed by atoms with Gasteiger partial charge in [-0.2, -0.15) is 0 Å². The minimum Gasteiger partial charge on any atom is -0.396 e. The van der Waals surface area contributed by atoms with Crippen LogP contribution in [0.5, 0.6) is 0 Å². The van der Waals surface area contributed by atoms with Gasteiger partial charge in [-0.25, -0.2) is 8.78 Å². The average molecular weight is 327 g/mol. The number of aliphatic hydroxyl groups excluding tert-OH is 1. The number of nitrogens with zero attached hydrogens (tertiary/aromatic N) is 1. The summed E-state index contributed by atoms with van der Waals surface area (Å²) in [6, 6.07) is 3.30. The SMILES string of the molecule is O=C(CCc1cc(F)ccc1F)N1CCC(OCCCO)CC1. The molecule has 1 aromatic rings. The topological polar surface area (TPSA) is 49.8 Å². The Kier molecular flexibility index (Phi) is 6.92. The Hall–Kier alpha value is -1.53. The van der Waals surface area contributed by atoms with E-state index in [1.165, 1.54) is 0 Å². The Balaban J connectivity index is 1.74. The summed E-state index contributed by atoms with van der Waals surface area (Å²) >= 11 is 0. The summed E-state index contributed by atoms with van der Waals surface area (Å²) in [6.07, 6.45) is 2.67. The number of halogens is 2. The number of aryl methyl sites for hydroxylation is 1. The van der Waals surface area contributed by atoms with Crippen LogP contribution >= 0.6 is 0 Å². The van der Waals surface area contributed by atoms with Crippen molar-refractivity contribution in [2.24, 2.45) is 0 Å². The Morgan fingerprint density at radius 1 is 1.30 bits per heavy atom. The average Bonchev–Trinajstić information content (AvgIpc) is 2.56. The third kappa shape index (κ3) is 5.55. The molecular weight excluding hydrogens is 304 g/mol. The third-order valence-electron chi connectivity index (χ3n) is 4.07. The fraction of sp³-hybridized carbons (Fsp3) is 0.588. The molecule has 0 unspecified atom stereocenters. The van der Waals surface area contributed by atoms with E-state index in [4.69, 9.17) is 9.84 Å². The summed E-state index contributed by atoms with van der Waals surface area (Å²) < 4.78 is 32.3. The van der Waals surface area contributed by atoms with Crippen molar-refractivity contribution in [1.82, 2.24) is 4.90 Å². The number of amides is 1. The van der Waals surface area contributed by atoms with E-state index in [-0.39, 0.29) is 37.0 Å². The first-order valence-electron chi connectivity index (χ1n) is 8.04. The van der Waals surface area contributed by atoms with E-state index in [0.717, 1.165) is 31.0 Å². The lowest BCUT2D eigenvalue weighted by Gasteiger charge is -2.32. The molecule has 1 amide bonds. The normalized spacial score (nSPS) is 15.9. The molecule has 1 aliphatic heterocycles. The minimum absolute atomic E-state index is 0.0394. The quantitative estimate of drug-likeness (QED) is 0.782. The van der Waals surface area contributed by atoms with Gasteiger partial charge in [-0.1, -0.05) is 0 Å². The molecule has 4 nitrogen and oxygen atoms in total. The van der Waals surface area contributed by atoms with E-state index in [2.05, 4.69) is 0 Å². The number of hydrogen-bond donors (Lipinski definition) is 1. The fourth-order valence-electron chi connectivity index (χ4n) is 2.72. The largest absolute Gasteiger partial charge is 0.396 e. The number of aliphatic hydroxyl groups is 1. The van der Waals surface area contributed by atoms with Crippen molar-refractivity contribution in [1.29, 1.82) is 0 Å². The molecule has 0 saturated carbocycles. The standard InChI is InChI=1S/C17H23F2NO3/c18-14-3-4-16(19)13(12-14)2-5-17(22)20-8-6-15(7-9-20)23-11-1-10-21/h3-4,12,15,21H,1-2,5-11H2. The van der Waals surface area contributed by atoms with Crippen LogP contribution in [-0.4, -0.2) is 48.3 Å². The second kappa shape index (κ2) is 8.93. The maximum atomic E-state index is 13.5. The molecular formula is C17H23F2NO3. The van der Waals surface area contributed by atoms with Gasteiger partial charge in [-0.3, -0.25) is 4.79 Å². The van der Waals surface area contributed by atoms with Gasteiger partial charge in [0, 0.05) is 32.7 Å². The van der Waals surface area contributed by atoms with Crippen LogP contribution in [0.2, 0.25) is 0 Å². The molecule has 1 heterocycles. The molecule has 23 heavy (non-hydrogen) atoms. The second-order valence-electron chi connectivity index (χ2n) is 5.76. The summed E-state index contributed by atoms with van der Waals surface area (Å²) in [5.41, 5.74) is 0.237. The zero-order valence-corrected chi connectivity index (χ0v) is 13.1. The van der Waals surface area contributed by atoms with Crippen LogP contribution in [-0.2, 0) is 16.0 Å². The number of rotatable bonds is 7. The zero-order chi connectivity index (χ0) is 16.7. The van der Waals surface area contributed by atoms with E-state index in [1.807, 2.05) is 0 Å². The molecule has 6 heteroatoms. The van der Waals surface area contributed by atoms with Crippen LogP contribution in [0.15, 0.2) is 18.2 Å². The summed E-state index contributed by atoms with van der Waals surface area (Å²) in [5, 5.41) is 8.72. The number of likely N-dealkylation sites (tertiary alicyclic amines) is 1. The summed E-state index contributed by atoms with van der Waals surface area (Å²) in [6.45, 7) is 1.89. The Labute approximate surface area is 135 Å². The monoisotopic (exact) mass is 327 g/mol. The number of carbonyl (C=O) groups excluding carboxylic acids is 1. The van der Waals surface area contributed by atoms with E-state index < -0.39 is 11.6 Å². The number of benzene rings is 1. The van der Waals surface area contributed by atoms with Crippen LogP contribution in [0.1, 0.15) is 31.2 Å². The van der Waals surface area contributed by atoms with Gasteiger partial charge in [0.05, 0.1) is 6.10 Å². The first-order chi connectivity index (χ1) is 11.1. The van der Waals surface area contributed by atoms with Crippen LogP contribution in [0.3, 0.4) is 0 Å². The van der Waals surface area contributed by atoms with Crippen molar-refractivity contribution in [3.8, 4) is 0 Å². The summed E-state index contributed by atoms with van der Waals surface area (Å²) in [5.74, 6) is -1.01. The highest BCUT2D eigenvalue weighted by molar-refractivity contribution is 5.76. The molecule has 0 spiro atoms. The van der Waals surface area contributed by atoms with Gasteiger partial charge in [0.2, 0.25) is 5.91 Å². The van der Waals surface area contributed by atoms with Crippen LogP contribution in [0, 0.1) is 11.6 Å². The van der Waals surface area contributed by atoms with Crippen LogP contribution in [0.4, 0.5) is 8.78 Å². The maximum absolute atomic E-state index is 13.5. The molecule has 0 aliphatic carbocycles. The lowest BCUT2D eigenvalue weighted by Crippen LogP contribution is -2.41. The predicted octanol–water partition coefficient (Wildman–Crippen LogP) is 2.29. The van der Waals surface area contributed by atoms with E-state index in [1.54, 1.807) is 4.90 Å². The first-order valence-corrected chi connectivity index (χ1v) is 8.04. The molecule has 128 valence electrons. The van der Waals surface area contributed by atoms with Crippen molar-refractivity contribution in [2.45, 2.75) is 38.2 Å². The van der Waals surface area contributed by atoms with Crippen molar-refractivity contribution < 1.29 is 23.4 Å². The van der Waals surface area contributed by atoms with Gasteiger partial charge in [0.1, 0.15) is 11.6 Å². The van der Waals surface area contributed by atoms with E-state index >= 15 is 0 Å². The van der Waals surface area contributed by atoms with Gasteiger partial charge in [0.15, 0.2) is 0 Å². The fourth-order valence-corrected chi connectivity index (χ4v) is 2.72. The van der Waals surface area contributed by atoms with E-state index in [0.29, 0.717) is 26.1 Å². The maximum Gasteiger partial charge on any atom is 0.222 e. The predicted molar refractivity (Wildman–Crippen MR) is 81.9 cm³/mol. The van der Waals surface area contributed by atoms with E-state index in [9.17, 15) is 13.6 Å².